The Morgan fingerprint density at radius 1 is 1.28 bits per heavy atom. The fourth-order valence-electron chi connectivity index (χ4n) is 1.99. The van der Waals surface area contributed by atoms with Crippen LogP contribution in [0.1, 0.15) is 29.8 Å². The number of hydrogen-bond acceptors (Lipinski definition) is 3. The molecular weight excluding hydrogens is 246 g/mol. The molecule has 0 saturated carbocycles. The summed E-state index contributed by atoms with van der Waals surface area (Å²) in [6.07, 6.45) is 6.75. The van der Waals surface area contributed by atoms with E-state index < -0.39 is 0 Å². The lowest BCUT2D eigenvalue weighted by Crippen LogP contribution is -2.17. The van der Waals surface area contributed by atoms with Crippen LogP contribution in [0, 0.1) is 0 Å². The number of nitrogens with zero attached hydrogens (tertiary/aromatic N) is 2. The normalized spacial score (nSPS) is 12.4. The highest BCUT2D eigenvalue weighted by Gasteiger charge is 2.13. The number of aromatic nitrogens is 2. The molecule has 0 bridgehead atoms. The van der Waals surface area contributed by atoms with E-state index in [0.29, 0.717) is 11.4 Å². The smallest absolute Gasteiger partial charge is 0.0622 e. The van der Waals surface area contributed by atoms with Gasteiger partial charge < -0.3 is 5.73 Å². The van der Waals surface area contributed by atoms with Crippen molar-refractivity contribution in [3.8, 4) is 0 Å². The first kappa shape index (κ1) is 13.0. The minimum absolute atomic E-state index is 0.138. The number of nitrogens with two attached hydrogens (primary N) is 1. The molecule has 0 saturated heterocycles. The first-order valence-electron chi connectivity index (χ1n) is 6.00. The van der Waals surface area contributed by atoms with Crippen molar-refractivity contribution in [2.45, 2.75) is 25.8 Å². The third-order valence-electron chi connectivity index (χ3n) is 2.95. The maximum atomic E-state index is 6.23. The molecule has 2 heterocycles. The third-order valence-corrected chi connectivity index (χ3v) is 3.29. The topological polar surface area (TPSA) is 51.8 Å². The molecule has 1 atom stereocenters. The van der Waals surface area contributed by atoms with E-state index in [1.165, 1.54) is 5.56 Å². The van der Waals surface area contributed by atoms with E-state index in [-0.39, 0.29) is 6.04 Å². The Balaban J connectivity index is 2.22. The lowest BCUT2D eigenvalue weighted by molar-refractivity contribution is 0.685. The molecule has 2 N–H and O–H groups in total. The van der Waals surface area contributed by atoms with Crippen LogP contribution < -0.4 is 5.73 Å². The second-order valence-corrected chi connectivity index (χ2v) is 4.59. The molecule has 0 amide bonds. The minimum atomic E-state index is -0.138. The van der Waals surface area contributed by atoms with Crippen molar-refractivity contribution < 1.29 is 0 Å². The Labute approximate surface area is 112 Å². The molecular formula is C14H16ClN3. The van der Waals surface area contributed by atoms with Crippen molar-refractivity contribution >= 4 is 11.6 Å². The monoisotopic (exact) mass is 261 g/mol. The van der Waals surface area contributed by atoms with Gasteiger partial charge in [-0.25, -0.2) is 0 Å². The summed E-state index contributed by atoms with van der Waals surface area (Å²) < 4.78 is 0. The van der Waals surface area contributed by atoms with E-state index >= 15 is 0 Å². The summed E-state index contributed by atoms with van der Waals surface area (Å²) in [5, 5.41) is 0.655. The van der Waals surface area contributed by atoms with Crippen LogP contribution in [0.5, 0.6) is 0 Å². The van der Waals surface area contributed by atoms with E-state index in [0.717, 1.165) is 17.7 Å². The average Bonchev–Trinajstić information content (AvgIpc) is 2.41. The van der Waals surface area contributed by atoms with Crippen molar-refractivity contribution in [1.82, 2.24) is 9.97 Å². The van der Waals surface area contributed by atoms with Crippen LogP contribution in [0.15, 0.2) is 36.8 Å². The van der Waals surface area contributed by atoms with Gasteiger partial charge in [-0.3, -0.25) is 9.97 Å². The van der Waals surface area contributed by atoms with Gasteiger partial charge in [0.25, 0.3) is 0 Å². The van der Waals surface area contributed by atoms with E-state index in [4.69, 9.17) is 17.3 Å². The van der Waals surface area contributed by atoms with Crippen molar-refractivity contribution in [1.29, 1.82) is 0 Å². The minimum Gasteiger partial charge on any atom is -0.322 e. The number of aryl methyl sites for hydroxylation is 1. The number of halogens is 1. The van der Waals surface area contributed by atoms with Crippen LogP contribution in [0.2, 0.25) is 5.02 Å². The molecule has 0 aliphatic rings. The summed E-state index contributed by atoms with van der Waals surface area (Å²) in [7, 11) is 0. The van der Waals surface area contributed by atoms with Gasteiger partial charge in [-0.15, -0.1) is 0 Å². The Kier molecular flexibility index (Phi) is 4.28. The quantitative estimate of drug-likeness (QED) is 0.921. The van der Waals surface area contributed by atoms with Crippen LogP contribution in [0.4, 0.5) is 0 Å². The van der Waals surface area contributed by atoms with Gasteiger partial charge in [-0.1, -0.05) is 24.6 Å². The Bertz CT molecular complexity index is 528. The fourth-order valence-corrected chi connectivity index (χ4v) is 2.18. The number of pyridine rings is 2. The molecule has 0 spiro atoms. The molecule has 0 radical (unpaired) electrons. The largest absolute Gasteiger partial charge is 0.322 e. The zero-order chi connectivity index (χ0) is 13.0. The van der Waals surface area contributed by atoms with Gasteiger partial charge in [0.15, 0.2) is 0 Å². The van der Waals surface area contributed by atoms with Crippen molar-refractivity contribution in [2.75, 3.05) is 0 Å². The van der Waals surface area contributed by atoms with Gasteiger partial charge >= 0.3 is 0 Å². The SMILES string of the molecule is CCc1cccnc1C(N)Cc1ccncc1Cl. The molecule has 0 fully saturated rings. The molecule has 3 nitrogen and oxygen atoms in total. The van der Waals surface area contributed by atoms with Gasteiger partial charge in [0.05, 0.1) is 16.8 Å². The van der Waals surface area contributed by atoms with Crippen LogP contribution in [-0.2, 0) is 12.8 Å². The van der Waals surface area contributed by atoms with E-state index in [1.807, 2.05) is 12.1 Å². The second kappa shape index (κ2) is 5.94. The van der Waals surface area contributed by atoms with Crippen LogP contribution in [0.3, 0.4) is 0 Å². The standard InChI is InChI=1S/C14H16ClN3/c1-2-10-4-3-6-18-14(10)13(16)8-11-5-7-17-9-12(11)15/h3-7,9,13H,2,8,16H2,1H3. The fraction of sp³-hybridized carbons (Fsp3) is 0.286. The molecule has 2 rings (SSSR count). The highest BCUT2D eigenvalue weighted by atomic mass is 35.5. The second-order valence-electron chi connectivity index (χ2n) is 4.18. The van der Waals surface area contributed by atoms with Gasteiger partial charge in [-0.05, 0) is 36.1 Å². The highest BCUT2D eigenvalue weighted by Crippen LogP contribution is 2.22. The Morgan fingerprint density at radius 3 is 2.83 bits per heavy atom. The van der Waals surface area contributed by atoms with Gasteiger partial charge in [-0.2, -0.15) is 0 Å². The van der Waals surface area contributed by atoms with Gasteiger partial charge in [0.1, 0.15) is 0 Å². The Hall–Kier alpha value is -1.45. The van der Waals surface area contributed by atoms with Crippen molar-refractivity contribution in [3.63, 3.8) is 0 Å². The van der Waals surface area contributed by atoms with Crippen molar-refractivity contribution in [3.05, 3.63) is 58.6 Å². The predicted octanol–water partition coefficient (Wildman–Crippen LogP) is 2.93. The average molecular weight is 262 g/mol. The first-order valence-corrected chi connectivity index (χ1v) is 6.38. The molecule has 0 aliphatic carbocycles. The van der Waals surface area contributed by atoms with Crippen molar-refractivity contribution in [2.24, 2.45) is 5.73 Å². The van der Waals surface area contributed by atoms with E-state index in [9.17, 15) is 0 Å². The van der Waals surface area contributed by atoms with E-state index in [1.54, 1.807) is 18.6 Å². The summed E-state index contributed by atoms with van der Waals surface area (Å²) >= 11 is 6.09. The maximum absolute atomic E-state index is 6.23. The summed E-state index contributed by atoms with van der Waals surface area (Å²) in [5.74, 6) is 0. The number of rotatable bonds is 4. The van der Waals surface area contributed by atoms with E-state index in [2.05, 4.69) is 23.0 Å². The molecule has 4 heteroatoms. The lowest BCUT2D eigenvalue weighted by Gasteiger charge is -2.15. The molecule has 94 valence electrons. The van der Waals surface area contributed by atoms with Gasteiger partial charge in [0.2, 0.25) is 0 Å². The van der Waals surface area contributed by atoms with Crippen LogP contribution >= 0.6 is 11.6 Å². The lowest BCUT2D eigenvalue weighted by atomic mass is 10.00. The predicted molar refractivity (Wildman–Crippen MR) is 73.5 cm³/mol. The molecule has 0 aromatic carbocycles. The van der Waals surface area contributed by atoms with Gasteiger partial charge in [0, 0.05) is 18.6 Å². The number of hydrogen-bond donors (Lipinski definition) is 1. The third kappa shape index (κ3) is 2.86. The molecule has 18 heavy (non-hydrogen) atoms. The molecule has 2 aromatic heterocycles. The Morgan fingerprint density at radius 2 is 2.11 bits per heavy atom. The summed E-state index contributed by atoms with van der Waals surface area (Å²) in [4.78, 5) is 8.36. The summed E-state index contributed by atoms with van der Waals surface area (Å²) in [6.45, 7) is 2.10. The van der Waals surface area contributed by atoms with Crippen LogP contribution in [-0.4, -0.2) is 9.97 Å². The van der Waals surface area contributed by atoms with Crippen LogP contribution in [0.25, 0.3) is 0 Å². The zero-order valence-electron chi connectivity index (χ0n) is 10.3. The molecule has 2 aromatic rings. The summed E-state index contributed by atoms with van der Waals surface area (Å²) in [6, 6.07) is 5.77. The molecule has 0 aliphatic heterocycles. The zero-order valence-corrected chi connectivity index (χ0v) is 11.1. The summed E-state index contributed by atoms with van der Waals surface area (Å²) in [5.41, 5.74) is 9.38. The highest BCUT2D eigenvalue weighted by molar-refractivity contribution is 6.31. The molecule has 1 unspecified atom stereocenters. The first-order chi connectivity index (χ1) is 8.72. The maximum Gasteiger partial charge on any atom is 0.0622 e.